The number of carbonyl (C=O) groups is 1. The van der Waals surface area contributed by atoms with Crippen LogP contribution in [-0.2, 0) is 18.4 Å². The van der Waals surface area contributed by atoms with Gasteiger partial charge in [-0.15, -0.1) is 0 Å². The van der Waals surface area contributed by atoms with E-state index < -0.39 is 14.4 Å². The second-order valence-corrected chi connectivity index (χ2v) is 3.01. The molecule has 6 nitrogen and oxygen atoms in total. The highest BCUT2D eigenvalue weighted by molar-refractivity contribution is 7.47. The molecule has 3 N–H and O–H groups in total. The lowest BCUT2D eigenvalue weighted by molar-refractivity contribution is -0.110. The van der Waals surface area contributed by atoms with Crippen LogP contribution in [0.15, 0.2) is 0 Å². The summed E-state index contributed by atoms with van der Waals surface area (Å²) in [5, 5.41) is 0. The predicted octanol–water partition coefficient (Wildman–Crippen LogP) is -0.722. The first-order chi connectivity index (χ1) is 5.12. The normalized spacial score (nSPS) is 15.8. The van der Waals surface area contributed by atoms with E-state index in [1.807, 2.05) is 0 Å². The van der Waals surface area contributed by atoms with Crippen LogP contribution < -0.4 is 5.73 Å². The molecule has 0 aliphatic carbocycles. The first-order valence-electron chi connectivity index (χ1n) is 2.88. The number of nitrogens with two attached hydrogens (primary N) is 1. The molecule has 11 heavy (non-hydrogen) atoms. The van der Waals surface area contributed by atoms with Crippen molar-refractivity contribution in [3.05, 3.63) is 0 Å². The minimum absolute atomic E-state index is 0.0768. The second-order valence-electron chi connectivity index (χ2n) is 1.55. The van der Waals surface area contributed by atoms with Crippen LogP contribution in [0, 0.1) is 0 Å². The first-order valence-corrected chi connectivity index (χ1v) is 4.37. The smallest absolute Gasteiger partial charge is 0.328 e. The van der Waals surface area contributed by atoms with Crippen LogP contribution in [0.5, 0.6) is 0 Å². The zero-order valence-corrected chi connectivity index (χ0v) is 6.70. The lowest BCUT2D eigenvalue weighted by Crippen LogP contribution is -2.08. The van der Waals surface area contributed by atoms with Gasteiger partial charge in [-0.05, 0) is 0 Å². The van der Waals surface area contributed by atoms with Gasteiger partial charge in [0, 0.05) is 6.54 Å². The molecule has 0 aliphatic heterocycles. The fourth-order valence-corrected chi connectivity index (χ4v) is 0.990. The van der Waals surface area contributed by atoms with Gasteiger partial charge in [-0.25, -0.2) is 4.57 Å². The molecular weight excluding hydrogens is 173 g/mol. The Morgan fingerprint density at radius 1 is 1.55 bits per heavy atom. The Bertz CT molecular complexity index is 161. The summed E-state index contributed by atoms with van der Waals surface area (Å²) in [5.41, 5.74) is 4.98. The van der Waals surface area contributed by atoms with Crippen molar-refractivity contribution in [2.24, 2.45) is 5.73 Å². The SMILES string of the molecule is NCCOP(=O)(O)OCC=O. The lowest BCUT2D eigenvalue weighted by atomic mass is 10.8. The molecule has 0 bridgehead atoms. The van der Waals surface area contributed by atoms with E-state index in [-0.39, 0.29) is 13.2 Å². The molecule has 0 amide bonds. The molecule has 0 aliphatic rings. The average molecular weight is 183 g/mol. The van der Waals surface area contributed by atoms with Gasteiger partial charge >= 0.3 is 7.82 Å². The van der Waals surface area contributed by atoms with Crippen molar-refractivity contribution < 1.29 is 23.3 Å². The van der Waals surface area contributed by atoms with Crippen LogP contribution in [0.25, 0.3) is 0 Å². The highest BCUT2D eigenvalue weighted by atomic mass is 31.2. The molecule has 0 heterocycles. The molecule has 0 aromatic heterocycles. The summed E-state index contributed by atoms with van der Waals surface area (Å²) in [5.74, 6) is 0. The molecule has 66 valence electrons. The molecule has 1 atom stereocenters. The van der Waals surface area contributed by atoms with Crippen molar-refractivity contribution in [2.75, 3.05) is 19.8 Å². The van der Waals surface area contributed by atoms with E-state index in [0.29, 0.717) is 6.29 Å². The molecule has 0 aromatic rings. The summed E-state index contributed by atoms with van der Waals surface area (Å²) < 4.78 is 19.1. The van der Waals surface area contributed by atoms with Crippen LogP contribution >= 0.6 is 7.82 Å². The summed E-state index contributed by atoms with van der Waals surface area (Å²) in [7, 11) is -4.04. The molecule has 0 radical (unpaired) electrons. The van der Waals surface area contributed by atoms with Gasteiger partial charge in [0.2, 0.25) is 0 Å². The molecule has 0 rings (SSSR count). The molecule has 0 fully saturated rings. The number of carbonyl (C=O) groups excluding carboxylic acids is 1. The Labute approximate surface area is 63.9 Å². The van der Waals surface area contributed by atoms with Gasteiger partial charge in [0.25, 0.3) is 0 Å². The van der Waals surface area contributed by atoms with Crippen LogP contribution in [-0.4, -0.2) is 30.9 Å². The van der Waals surface area contributed by atoms with Gasteiger partial charge in [-0.3, -0.25) is 9.05 Å². The van der Waals surface area contributed by atoms with E-state index in [4.69, 9.17) is 10.6 Å². The fourth-order valence-electron chi connectivity index (χ4n) is 0.330. The lowest BCUT2D eigenvalue weighted by Gasteiger charge is -2.08. The van der Waals surface area contributed by atoms with Crippen LogP contribution in [0.4, 0.5) is 0 Å². The number of aldehydes is 1. The van der Waals surface area contributed by atoms with Gasteiger partial charge in [0.1, 0.15) is 12.9 Å². The third-order valence-corrected chi connectivity index (χ3v) is 1.66. The Balaban J connectivity index is 3.61. The average Bonchev–Trinajstić information content (AvgIpc) is 1.97. The van der Waals surface area contributed by atoms with Crippen molar-refractivity contribution in [3.63, 3.8) is 0 Å². The van der Waals surface area contributed by atoms with Crippen molar-refractivity contribution in [1.29, 1.82) is 0 Å². The molecule has 1 unspecified atom stereocenters. The van der Waals surface area contributed by atoms with E-state index in [0.717, 1.165) is 0 Å². The Morgan fingerprint density at radius 2 is 2.18 bits per heavy atom. The Kier molecular flexibility index (Phi) is 5.27. The zero-order valence-electron chi connectivity index (χ0n) is 5.80. The van der Waals surface area contributed by atoms with E-state index >= 15 is 0 Å². The van der Waals surface area contributed by atoms with E-state index in [1.54, 1.807) is 0 Å². The summed E-state index contributed by atoms with van der Waals surface area (Å²) in [4.78, 5) is 18.4. The molecule has 0 spiro atoms. The summed E-state index contributed by atoms with van der Waals surface area (Å²) in [6, 6.07) is 0. The van der Waals surface area contributed by atoms with E-state index in [9.17, 15) is 9.36 Å². The molecular formula is C4H10NO5P. The second kappa shape index (κ2) is 5.40. The number of hydrogen-bond acceptors (Lipinski definition) is 5. The van der Waals surface area contributed by atoms with Crippen LogP contribution in [0.2, 0.25) is 0 Å². The predicted molar refractivity (Wildman–Crippen MR) is 36.8 cm³/mol. The van der Waals surface area contributed by atoms with Gasteiger partial charge < -0.3 is 15.4 Å². The molecule has 7 heteroatoms. The maximum absolute atomic E-state index is 10.6. The number of hydrogen-bond donors (Lipinski definition) is 2. The third kappa shape index (κ3) is 6.15. The first kappa shape index (κ1) is 10.7. The Hall–Kier alpha value is -0.260. The van der Waals surface area contributed by atoms with Gasteiger partial charge in [-0.2, -0.15) is 0 Å². The number of phosphoric ester groups is 1. The zero-order chi connectivity index (χ0) is 8.74. The Morgan fingerprint density at radius 3 is 2.64 bits per heavy atom. The van der Waals surface area contributed by atoms with E-state index in [1.165, 1.54) is 0 Å². The molecule has 0 saturated carbocycles. The van der Waals surface area contributed by atoms with Crippen LogP contribution in [0.1, 0.15) is 0 Å². The summed E-state index contributed by atoms with van der Waals surface area (Å²) in [6.45, 7) is -0.417. The van der Waals surface area contributed by atoms with Gasteiger partial charge in [0.05, 0.1) is 6.61 Å². The summed E-state index contributed by atoms with van der Waals surface area (Å²) >= 11 is 0. The van der Waals surface area contributed by atoms with Gasteiger partial charge in [-0.1, -0.05) is 0 Å². The minimum atomic E-state index is -4.04. The number of phosphoric acid groups is 1. The van der Waals surface area contributed by atoms with Crippen molar-refractivity contribution in [2.45, 2.75) is 0 Å². The fraction of sp³-hybridized carbons (Fsp3) is 0.750. The van der Waals surface area contributed by atoms with Crippen LogP contribution in [0.3, 0.4) is 0 Å². The van der Waals surface area contributed by atoms with Gasteiger partial charge in [0.15, 0.2) is 0 Å². The topological polar surface area (TPSA) is 98.8 Å². The molecule has 0 aromatic carbocycles. The third-order valence-electron chi connectivity index (χ3n) is 0.678. The van der Waals surface area contributed by atoms with Crippen molar-refractivity contribution in [1.82, 2.24) is 0 Å². The molecule has 0 saturated heterocycles. The largest absolute Gasteiger partial charge is 0.472 e. The highest BCUT2D eigenvalue weighted by Gasteiger charge is 2.19. The maximum Gasteiger partial charge on any atom is 0.472 e. The monoisotopic (exact) mass is 183 g/mol. The quantitative estimate of drug-likeness (QED) is 0.416. The standard InChI is InChI=1S/C4H10NO5P/c5-1-3-9-11(7,8)10-4-2-6/h2H,1,3-5H2,(H,7,8). The number of rotatable bonds is 6. The van der Waals surface area contributed by atoms with Crippen molar-refractivity contribution >= 4 is 14.1 Å². The van der Waals surface area contributed by atoms with Crippen molar-refractivity contribution in [3.8, 4) is 0 Å². The summed E-state index contributed by atoms with van der Waals surface area (Å²) in [6.07, 6.45) is 0.356. The van der Waals surface area contributed by atoms with E-state index in [2.05, 4.69) is 9.05 Å². The minimum Gasteiger partial charge on any atom is -0.328 e. The maximum atomic E-state index is 10.6. The highest BCUT2D eigenvalue weighted by Crippen LogP contribution is 2.42.